The number of hydrogen-bond acceptors (Lipinski definition) is 6. The van der Waals surface area contributed by atoms with Crippen LogP contribution in [0.3, 0.4) is 0 Å². The number of carbonyl (C=O) groups is 2. The lowest BCUT2D eigenvalue weighted by Crippen LogP contribution is -2.37. The van der Waals surface area contributed by atoms with Gasteiger partial charge in [0.2, 0.25) is 11.8 Å². The number of nitrogens with zero attached hydrogens (tertiary/aromatic N) is 4. The summed E-state index contributed by atoms with van der Waals surface area (Å²) in [6.07, 6.45) is 7.38. The first-order valence-electron chi connectivity index (χ1n) is 11.5. The fourth-order valence-electron chi connectivity index (χ4n) is 5.90. The second kappa shape index (κ2) is 8.93. The molecule has 0 N–H and O–H groups in total. The number of aromatic nitrogens is 1. The number of amides is 2. The summed E-state index contributed by atoms with van der Waals surface area (Å²) in [5, 5.41) is 0. The Labute approximate surface area is 182 Å². The second-order valence-corrected chi connectivity index (χ2v) is 10.2. The van der Waals surface area contributed by atoms with Crippen LogP contribution in [0.15, 0.2) is 11.7 Å². The normalized spacial score (nSPS) is 31.6. The average molecular weight is 433 g/mol. The molecular formula is C22H32N4O3S. The molecule has 0 spiro atoms. The molecule has 1 aromatic rings. The molecule has 5 rings (SSSR count). The van der Waals surface area contributed by atoms with Gasteiger partial charge in [0.05, 0.1) is 24.6 Å². The summed E-state index contributed by atoms with van der Waals surface area (Å²) in [7, 11) is 0. The predicted octanol–water partition coefficient (Wildman–Crippen LogP) is 1.98. The Kier molecular flexibility index (Phi) is 6.07. The zero-order valence-corrected chi connectivity index (χ0v) is 18.4. The zero-order valence-electron chi connectivity index (χ0n) is 17.6. The average Bonchev–Trinajstić information content (AvgIpc) is 3.55. The van der Waals surface area contributed by atoms with Gasteiger partial charge in [0.25, 0.3) is 0 Å². The van der Waals surface area contributed by atoms with Gasteiger partial charge in [-0.2, -0.15) is 0 Å². The SMILES string of the molecule is O=C(C[C@@H]1CN(Cc2cncs2)[C@@H]2CO[C@@H](CC(=O)N3CCCC3)[C@H]12)N1CCCC1. The molecule has 0 unspecified atom stereocenters. The van der Waals surface area contributed by atoms with Crippen LogP contribution < -0.4 is 0 Å². The number of likely N-dealkylation sites (tertiary alicyclic amines) is 3. The van der Waals surface area contributed by atoms with Gasteiger partial charge < -0.3 is 14.5 Å². The molecule has 5 heterocycles. The molecule has 4 aliphatic heterocycles. The van der Waals surface area contributed by atoms with Crippen LogP contribution in [0.4, 0.5) is 0 Å². The van der Waals surface area contributed by atoms with Crippen molar-refractivity contribution in [2.45, 2.75) is 57.2 Å². The van der Waals surface area contributed by atoms with Crippen LogP contribution >= 0.6 is 11.3 Å². The van der Waals surface area contributed by atoms with Crippen molar-refractivity contribution >= 4 is 23.2 Å². The maximum atomic E-state index is 12.9. The molecule has 0 aliphatic carbocycles. The van der Waals surface area contributed by atoms with Crippen molar-refractivity contribution in [1.82, 2.24) is 19.7 Å². The third-order valence-electron chi connectivity index (χ3n) is 7.41. The topological polar surface area (TPSA) is 66.0 Å². The molecule has 4 saturated heterocycles. The minimum absolute atomic E-state index is 0.0639. The summed E-state index contributed by atoms with van der Waals surface area (Å²) in [5.74, 6) is 1.03. The Balaban J connectivity index is 1.29. The van der Waals surface area contributed by atoms with Gasteiger partial charge in [-0.1, -0.05) is 0 Å². The van der Waals surface area contributed by atoms with E-state index in [-0.39, 0.29) is 29.8 Å². The predicted molar refractivity (Wildman–Crippen MR) is 114 cm³/mol. The van der Waals surface area contributed by atoms with E-state index in [9.17, 15) is 9.59 Å². The summed E-state index contributed by atoms with van der Waals surface area (Å²) < 4.78 is 6.21. The van der Waals surface area contributed by atoms with E-state index >= 15 is 0 Å². The smallest absolute Gasteiger partial charge is 0.225 e. The van der Waals surface area contributed by atoms with Crippen LogP contribution in [0, 0.1) is 11.8 Å². The Morgan fingerprint density at radius 1 is 1.03 bits per heavy atom. The van der Waals surface area contributed by atoms with Gasteiger partial charge >= 0.3 is 0 Å². The van der Waals surface area contributed by atoms with E-state index in [2.05, 4.69) is 9.88 Å². The number of carbonyl (C=O) groups excluding carboxylic acids is 2. The molecule has 7 nitrogen and oxygen atoms in total. The van der Waals surface area contributed by atoms with Gasteiger partial charge in [0.1, 0.15) is 0 Å². The number of rotatable bonds is 6. The van der Waals surface area contributed by atoms with Crippen molar-refractivity contribution in [2.24, 2.45) is 11.8 Å². The molecule has 4 atom stereocenters. The van der Waals surface area contributed by atoms with Crippen molar-refractivity contribution in [3.63, 3.8) is 0 Å². The van der Waals surface area contributed by atoms with Gasteiger partial charge in [-0.05, 0) is 31.6 Å². The lowest BCUT2D eigenvalue weighted by Gasteiger charge is -2.26. The van der Waals surface area contributed by atoms with Gasteiger partial charge in [-0.3, -0.25) is 19.5 Å². The number of hydrogen-bond donors (Lipinski definition) is 0. The number of ether oxygens (including phenoxy) is 1. The number of thiazole rings is 1. The first-order chi connectivity index (χ1) is 14.7. The molecule has 30 heavy (non-hydrogen) atoms. The van der Waals surface area contributed by atoms with Crippen molar-refractivity contribution in [3.05, 3.63) is 16.6 Å². The largest absolute Gasteiger partial charge is 0.376 e. The standard InChI is InChI=1S/C22H32N4O3S/c27-20(24-5-1-2-6-24)9-16-12-26(13-17-11-23-15-30-17)18-14-29-19(22(16)18)10-21(28)25-7-3-4-8-25/h11,15-16,18-19,22H,1-10,12-14H2/t16-,18-,19+,22-/m1/s1. The summed E-state index contributed by atoms with van der Waals surface area (Å²) in [6, 6.07) is 0.292. The van der Waals surface area contributed by atoms with Gasteiger partial charge in [-0.15, -0.1) is 11.3 Å². The fourth-order valence-corrected chi connectivity index (χ4v) is 6.52. The zero-order chi connectivity index (χ0) is 20.5. The minimum Gasteiger partial charge on any atom is -0.376 e. The Morgan fingerprint density at radius 3 is 2.33 bits per heavy atom. The highest BCUT2D eigenvalue weighted by Gasteiger charge is 2.51. The second-order valence-electron chi connectivity index (χ2n) is 9.26. The highest BCUT2D eigenvalue weighted by atomic mass is 32.1. The molecular weight excluding hydrogens is 400 g/mol. The van der Waals surface area contributed by atoms with E-state index < -0.39 is 0 Å². The minimum atomic E-state index is -0.0639. The molecule has 0 aromatic carbocycles. The van der Waals surface area contributed by atoms with E-state index in [4.69, 9.17) is 4.74 Å². The molecule has 164 valence electrons. The van der Waals surface area contributed by atoms with Crippen molar-refractivity contribution in [3.8, 4) is 0 Å². The van der Waals surface area contributed by atoms with Crippen molar-refractivity contribution in [2.75, 3.05) is 39.3 Å². The lowest BCUT2D eigenvalue weighted by molar-refractivity contribution is -0.133. The van der Waals surface area contributed by atoms with E-state index in [1.165, 1.54) is 4.88 Å². The van der Waals surface area contributed by atoms with Crippen molar-refractivity contribution in [1.29, 1.82) is 0 Å². The lowest BCUT2D eigenvalue weighted by atomic mass is 9.84. The summed E-state index contributed by atoms with van der Waals surface area (Å²) in [6.45, 7) is 5.99. The van der Waals surface area contributed by atoms with E-state index in [0.29, 0.717) is 25.5 Å². The van der Waals surface area contributed by atoms with Crippen LogP contribution in [0.5, 0.6) is 0 Å². The molecule has 1 aromatic heterocycles. The van der Waals surface area contributed by atoms with Gasteiger partial charge in [0, 0.05) is 68.7 Å². The van der Waals surface area contributed by atoms with E-state index in [1.807, 2.05) is 21.5 Å². The molecule has 4 aliphatic rings. The van der Waals surface area contributed by atoms with Gasteiger partial charge in [0.15, 0.2) is 0 Å². The van der Waals surface area contributed by atoms with Crippen LogP contribution in [0.2, 0.25) is 0 Å². The van der Waals surface area contributed by atoms with Crippen LogP contribution in [-0.4, -0.2) is 83.0 Å². The van der Waals surface area contributed by atoms with Crippen molar-refractivity contribution < 1.29 is 14.3 Å². The third-order valence-corrected chi connectivity index (χ3v) is 8.17. The van der Waals surface area contributed by atoms with Crippen LogP contribution in [0.1, 0.15) is 43.4 Å². The highest BCUT2D eigenvalue weighted by molar-refractivity contribution is 7.09. The Bertz CT molecular complexity index is 746. The Hall–Kier alpha value is -1.51. The van der Waals surface area contributed by atoms with E-state index in [0.717, 1.165) is 65.0 Å². The first kappa shape index (κ1) is 20.4. The molecule has 8 heteroatoms. The molecule has 2 amide bonds. The first-order valence-corrected chi connectivity index (χ1v) is 12.4. The van der Waals surface area contributed by atoms with Crippen LogP contribution in [0.25, 0.3) is 0 Å². The Morgan fingerprint density at radius 2 is 1.70 bits per heavy atom. The van der Waals surface area contributed by atoms with Crippen LogP contribution in [-0.2, 0) is 20.9 Å². The quantitative estimate of drug-likeness (QED) is 0.688. The maximum Gasteiger partial charge on any atom is 0.225 e. The monoisotopic (exact) mass is 432 g/mol. The summed E-state index contributed by atoms with van der Waals surface area (Å²) in [4.78, 5) is 37.7. The number of fused-ring (bicyclic) bond motifs is 1. The molecule has 0 bridgehead atoms. The highest BCUT2D eigenvalue weighted by Crippen LogP contribution is 2.43. The van der Waals surface area contributed by atoms with E-state index in [1.54, 1.807) is 11.3 Å². The summed E-state index contributed by atoms with van der Waals surface area (Å²) in [5.41, 5.74) is 1.87. The third kappa shape index (κ3) is 4.14. The summed E-state index contributed by atoms with van der Waals surface area (Å²) >= 11 is 1.68. The molecule has 4 fully saturated rings. The van der Waals surface area contributed by atoms with Gasteiger partial charge in [-0.25, -0.2) is 0 Å². The maximum absolute atomic E-state index is 12.9. The molecule has 0 saturated carbocycles. The molecule has 0 radical (unpaired) electrons. The fraction of sp³-hybridized carbons (Fsp3) is 0.773.